The van der Waals surface area contributed by atoms with Crippen molar-refractivity contribution in [2.75, 3.05) is 12.4 Å². The second-order valence-corrected chi connectivity index (χ2v) is 6.71. The van der Waals surface area contributed by atoms with Gasteiger partial charge < -0.3 is 15.2 Å². The van der Waals surface area contributed by atoms with E-state index in [0.717, 1.165) is 5.52 Å². The number of fused-ring (bicyclic) bond motifs is 5. The van der Waals surface area contributed by atoms with Crippen molar-refractivity contribution in [1.82, 2.24) is 14.4 Å². The third kappa shape index (κ3) is 2.27. The number of anilines is 1. The number of aromatic hydroxyl groups is 1. The van der Waals surface area contributed by atoms with Crippen LogP contribution in [0, 0.1) is 0 Å². The lowest BCUT2D eigenvalue weighted by molar-refractivity contribution is -0.116. The fourth-order valence-electron chi connectivity index (χ4n) is 3.85. The number of hydrogen-bond acceptors (Lipinski definition) is 5. The number of rotatable bonds is 2. The maximum Gasteiger partial charge on any atom is 0.258 e. The predicted octanol–water partition coefficient (Wildman–Crippen LogP) is 2.36. The minimum Gasteiger partial charge on any atom is -0.504 e. The molecular weight excluding hydrogens is 360 g/mol. The van der Waals surface area contributed by atoms with Crippen molar-refractivity contribution in [2.24, 2.45) is 0 Å². The Morgan fingerprint density at radius 2 is 2.04 bits per heavy atom. The third-order valence-electron chi connectivity index (χ3n) is 5.11. The molecule has 0 spiro atoms. The van der Waals surface area contributed by atoms with Crippen LogP contribution in [-0.2, 0) is 4.79 Å². The summed E-state index contributed by atoms with van der Waals surface area (Å²) in [6.45, 7) is 0. The molecule has 140 valence electrons. The number of aromatic nitrogens is 3. The van der Waals surface area contributed by atoms with Gasteiger partial charge in [0.05, 0.1) is 23.7 Å². The minimum absolute atomic E-state index is 0.00306. The lowest BCUT2D eigenvalue weighted by Crippen LogP contribution is -2.32. The van der Waals surface area contributed by atoms with Crippen molar-refractivity contribution in [1.29, 1.82) is 0 Å². The molecule has 1 atom stereocenters. The van der Waals surface area contributed by atoms with Crippen LogP contribution in [0.2, 0.25) is 0 Å². The van der Waals surface area contributed by atoms with Crippen molar-refractivity contribution >= 4 is 28.5 Å². The molecule has 8 heteroatoms. The summed E-state index contributed by atoms with van der Waals surface area (Å²) in [5, 5.41) is 12.7. The molecule has 0 fully saturated rings. The molecule has 3 N–H and O–H groups in total. The standard InChI is InChI=1S/C20H16N4O4/c1-28-15-8-10(6-7-14(15)25)11-9-16(26)22-18-17(11)19(27)23-20-21-12-4-2-3-5-13(12)24(18)20/h2-8,11,25H,9H2,1H3,(H,22,26)(H,21,23,27)/t11-/m1/s1. The Balaban J connectivity index is 1.82. The van der Waals surface area contributed by atoms with Crippen LogP contribution in [0.5, 0.6) is 11.5 Å². The van der Waals surface area contributed by atoms with Gasteiger partial charge in [-0.1, -0.05) is 18.2 Å². The van der Waals surface area contributed by atoms with Crippen molar-refractivity contribution in [3.63, 3.8) is 0 Å². The normalized spacial score (nSPS) is 16.2. The summed E-state index contributed by atoms with van der Waals surface area (Å²) < 4.78 is 6.94. The van der Waals surface area contributed by atoms with E-state index in [1.807, 2.05) is 24.3 Å². The summed E-state index contributed by atoms with van der Waals surface area (Å²) in [5.74, 6) is 0.393. The zero-order chi connectivity index (χ0) is 19.4. The Hall–Kier alpha value is -3.81. The number of phenols is 1. The number of amides is 1. The fraction of sp³-hybridized carbons (Fsp3) is 0.150. The van der Waals surface area contributed by atoms with Crippen LogP contribution in [0.1, 0.15) is 23.5 Å². The molecule has 0 saturated heterocycles. The summed E-state index contributed by atoms with van der Waals surface area (Å²) in [4.78, 5) is 32.7. The van der Waals surface area contributed by atoms with Crippen LogP contribution < -0.4 is 15.6 Å². The van der Waals surface area contributed by atoms with Crippen LogP contribution in [0.4, 0.5) is 5.82 Å². The second-order valence-electron chi connectivity index (χ2n) is 6.71. The van der Waals surface area contributed by atoms with E-state index in [9.17, 15) is 14.7 Å². The van der Waals surface area contributed by atoms with Gasteiger partial charge in [-0.05, 0) is 29.8 Å². The molecular formula is C20H16N4O4. The van der Waals surface area contributed by atoms with Gasteiger partial charge in [-0.15, -0.1) is 0 Å². The zero-order valence-electron chi connectivity index (χ0n) is 14.9. The number of phenolic OH excluding ortho intramolecular Hbond substituents is 1. The molecule has 2 aromatic carbocycles. The van der Waals surface area contributed by atoms with Crippen molar-refractivity contribution in [2.45, 2.75) is 12.3 Å². The predicted molar refractivity (Wildman–Crippen MR) is 103 cm³/mol. The SMILES string of the molecule is COc1cc([C@H]2CC(=O)Nc3c2c(=O)[nH]c2nc4ccccc4n32)ccc1O. The Morgan fingerprint density at radius 1 is 1.21 bits per heavy atom. The molecule has 1 amide bonds. The highest BCUT2D eigenvalue weighted by molar-refractivity contribution is 5.96. The fourth-order valence-corrected chi connectivity index (χ4v) is 3.85. The van der Waals surface area contributed by atoms with E-state index >= 15 is 0 Å². The molecule has 3 heterocycles. The van der Waals surface area contributed by atoms with Gasteiger partial charge >= 0.3 is 0 Å². The maximum atomic E-state index is 12.9. The third-order valence-corrected chi connectivity index (χ3v) is 5.11. The molecule has 0 bridgehead atoms. The Morgan fingerprint density at radius 3 is 2.86 bits per heavy atom. The first-order chi connectivity index (χ1) is 13.6. The number of nitrogens with zero attached hydrogens (tertiary/aromatic N) is 2. The van der Waals surface area contributed by atoms with E-state index < -0.39 is 5.92 Å². The minimum atomic E-state index is -0.479. The van der Waals surface area contributed by atoms with E-state index in [1.54, 1.807) is 16.5 Å². The maximum absolute atomic E-state index is 12.9. The first-order valence-electron chi connectivity index (χ1n) is 8.77. The molecule has 2 aromatic heterocycles. The number of carbonyl (C=O) groups excluding carboxylic acids is 1. The molecule has 0 aliphatic carbocycles. The number of nitrogens with one attached hydrogen (secondary N) is 2. The van der Waals surface area contributed by atoms with E-state index in [4.69, 9.17) is 4.74 Å². The number of methoxy groups -OCH3 is 1. The lowest BCUT2D eigenvalue weighted by atomic mass is 9.86. The molecule has 0 unspecified atom stereocenters. The van der Waals surface area contributed by atoms with Gasteiger partial charge in [-0.3, -0.25) is 19.0 Å². The van der Waals surface area contributed by atoms with Gasteiger partial charge in [-0.25, -0.2) is 4.98 Å². The lowest BCUT2D eigenvalue weighted by Gasteiger charge is -2.26. The largest absolute Gasteiger partial charge is 0.504 e. The van der Waals surface area contributed by atoms with Crippen LogP contribution >= 0.6 is 0 Å². The van der Waals surface area contributed by atoms with Gasteiger partial charge in [-0.2, -0.15) is 0 Å². The molecule has 8 nitrogen and oxygen atoms in total. The molecule has 1 aliphatic rings. The number of H-pyrrole nitrogens is 1. The molecule has 0 saturated carbocycles. The van der Waals surface area contributed by atoms with Crippen LogP contribution in [0.3, 0.4) is 0 Å². The number of benzene rings is 2. The quantitative estimate of drug-likeness (QED) is 0.498. The van der Waals surface area contributed by atoms with Crippen molar-refractivity contribution < 1.29 is 14.6 Å². The first-order valence-corrected chi connectivity index (χ1v) is 8.77. The van der Waals surface area contributed by atoms with Gasteiger partial charge in [0.2, 0.25) is 11.7 Å². The topological polar surface area (TPSA) is 109 Å². The van der Waals surface area contributed by atoms with E-state index in [0.29, 0.717) is 28.2 Å². The number of carbonyl (C=O) groups is 1. The Kier molecular flexibility index (Phi) is 3.42. The summed E-state index contributed by atoms with van der Waals surface area (Å²) >= 11 is 0. The highest BCUT2D eigenvalue weighted by atomic mass is 16.5. The van der Waals surface area contributed by atoms with Crippen molar-refractivity contribution in [3.05, 3.63) is 63.9 Å². The zero-order valence-corrected chi connectivity index (χ0v) is 14.9. The molecule has 4 aromatic rings. The average molecular weight is 376 g/mol. The van der Waals surface area contributed by atoms with Gasteiger partial charge in [0.15, 0.2) is 11.5 Å². The number of aromatic amines is 1. The van der Waals surface area contributed by atoms with E-state index in [1.165, 1.54) is 13.2 Å². The highest BCUT2D eigenvalue weighted by Gasteiger charge is 2.32. The molecule has 28 heavy (non-hydrogen) atoms. The van der Waals surface area contributed by atoms with Gasteiger partial charge in [0.25, 0.3) is 5.56 Å². The summed E-state index contributed by atoms with van der Waals surface area (Å²) in [6, 6.07) is 12.3. The molecule has 1 aliphatic heterocycles. The van der Waals surface area contributed by atoms with Gasteiger partial charge in [0.1, 0.15) is 5.82 Å². The smallest absolute Gasteiger partial charge is 0.258 e. The van der Waals surface area contributed by atoms with Crippen LogP contribution in [-0.4, -0.2) is 32.5 Å². The average Bonchev–Trinajstić information content (AvgIpc) is 3.06. The number of ether oxygens (including phenoxy) is 1. The summed E-state index contributed by atoms with van der Waals surface area (Å²) in [7, 11) is 1.45. The summed E-state index contributed by atoms with van der Waals surface area (Å²) in [5.41, 5.74) is 2.35. The monoisotopic (exact) mass is 376 g/mol. The van der Waals surface area contributed by atoms with Crippen LogP contribution in [0.15, 0.2) is 47.3 Å². The first kappa shape index (κ1) is 16.4. The number of para-hydroxylation sites is 2. The molecule has 0 radical (unpaired) electrons. The number of hydrogen-bond donors (Lipinski definition) is 3. The van der Waals surface area contributed by atoms with Crippen LogP contribution in [0.25, 0.3) is 16.8 Å². The van der Waals surface area contributed by atoms with Crippen molar-refractivity contribution in [3.8, 4) is 11.5 Å². The van der Waals surface area contributed by atoms with Gasteiger partial charge in [0, 0.05) is 12.3 Å². The Labute approximate surface area is 158 Å². The Bertz CT molecular complexity index is 1320. The highest BCUT2D eigenvalue weighted by Crippen LogP contribution is 2.38. The van der Waals surface area contributed by atoms with E-state index in [-0.39, 0.29) is 29.4 Å². The number of imidazole rings is 1. The summed E-state index contributed by atoms with van der Waals surface area (Å²) in [6.07, 6.45) is 0.113. The van der Waals surface area contributed by atoms with E-state index in [2.05, 4.69) is 15.3 Å². The molecule has 5 rings (SSSR count). The second kappa shape index (κ2) is 5.85.